The first kappa shape index (κ1) is 21.0. The molecule has 0 radical (unpaired) electrons. The van der Waals surface area contributed by atoms with E-state index in [1.165, 1.54) is 0 Å². The Bertz CT molecular complexity index is 883. The van der Waals surface area contributed by atoms with E-state index in [-0.39, 0.29) is 12.1 Å². The normalized spacial score (nSPS) is 26.8. The number of fused-ring (bicyclic) bond motifs is 1. The third-order valence-corrected chi connectivity index (χ3v) is 6.48. The summed E-state index contributed by atoms with van der Waals surface area (Å²) < 4.78 is 7.86. The van der Waals surface area contributed by atoms with E-state index in [4.69, 9.17) is 4.74 Å². The van der Waals surface area contributed by atoms with Crippen molar-refractivity contribution >= 4 is 5.97 Å². The highest BCUT2D eigenvalue weighted by Gasteiger charge is 2.43. The molecule has 1 aromatic carbocycles. The predicted octanol–water partition coefficient (Wildman–Crippen LogP) is 2.14. The summed E-state index contributed by atoms with van der Waals surface area (Å²) in [5.74, 6) is 0.259. The standard InChI is InChI=1S/C22H31N5O3/c1-25(2)13-18-14-27(24-23-18)20-8-16-11-26(12-17(16)9-21(20)30-3)10-15-6-4-5-7-19(15)22(28)29/h4-7,14,16-17,20-21H,8-13H2,1-3H3,(H,28,29)/t16-,17+,20-,21-/m1/s1. The van der Waals surface area contributed by atoms with Crippen LogP contribution in [0.15, 0.2) is 30.5 Å². The number of carboxylic acids is 1. The zero-order valence-corrected chi connectivity index (χ0v) is 17.9. The molecule has 30 heavy (non-hydrogen) atoms. The van der Waals surface area contributed by atoms with Gasteiger partial charge in [-0.3, -0.25) is 4.90 Å². The maximum absolute atomic E-state index is 11.5. The van der Waals surface area contributed by atoms with E-state index in [9.17, 15) is 9.90 Å². The largest absolute Gasteiger partial charge is 0.478 e. The topological polar surface area (TPSA) is 83.7 Å². The minimum Gasteiger partial charge on any atom is -0.478 e. The van der Waals surface area contributed by atoms with Gasteiger partial charge in [-0.2, -0.15) is 0 Å². The van der Waals surface area contributed by atoms with Gasteiger partial charge in [0.25, 0.3) is 0 Å². The van der Waals surface area contributed by atoms with Gasteiger partial charge in [-0.25, -0.2) is 9.48 Å². The molecule has 2 heterocycles. The maximum Gasteiger partial charge on any atom is 0.336 e. The van der Waals surface area contributed by atoms with E-state index < -0.39 is 5.97 Å². The molecule has 4 atom stereocenters. The minimum atomic E-state index is -0.860. The van der Waals surface area contributed by atoms with Gasteiger partial charge in [0.2, 0.25) is 0 Å². The molecule has 0 bridgehead atoms. The molecule has 1 saturated heterocycles. The summed E-state index contributed by atoms with van der Waals surface area (Å²) in [5, 5.41) is 18.2. The number of benzene rings is 1. The first-order chi connectivity index (χ1) is 14.4. The van der Waals surface area contributed by atoms with Crippen LogP contribution in [-0.4, -0.2) is 76.3 Å². The van der Waals surface area contributed by atoms with Crippen LogP contribution in [0.3, 0.4) is 0 Å². The second-order valence-corrected chi connectivity index (χ2v) is 8.92. The van der Waals surface area contributed by atoms with E-state index in [1.807, 2.05) is 37.1 Å². The second kappa shape index (κ2) is 8.83. The Hall–Kier alpha value is -2.29. The van der Waals surface area contributed by atoms with Gasteiger partial charge in [-0.05, 0) is 50.4 Å². The summed E-state index contributed by atoms with van der Waals surface area (Å²) in [4.78, 5) is 16.0. The number of carboxylic acid groups (broad SMARTS) is 1. The molecule has 1 saturated carbocycles. The number of ether oxygens (including phenoxy) is 1. The number of carbonyl (C=O) groups is 1. The summed E-state index contributed by atoms with van der Waals surface area (Å²) in [6.07, 6.45) is 4.16. The number of methoxy groups -OCH3 is 1. The third kappa shape index (κ3) is 4.40. The molecule has 0 unspecified atom stereocenters. The van der Waals surface area contributed by atoms with Crippen LogP contribution in [-0.2, 0) is 17.8 Å². The van der Waals surface area contributed by atoms with Crippen molar-refractivity contribution in [2.45, 2.75) is 38.1 Å². The highest BCUT2D eigenvalue weighted by molar-refractivity contribution is 5.89. The average molecular weight is 414 g/mol. The van der Waals surface area contributed by atoms with Crippen molar-refractivity contribution in [2.75, 3.05) is 34.3 Å². The Morgan fingerprint density at radius 1 is 1.23 bits per heavy atom. The number of aromatic carboxylic acids is 1. The Kier molecular flexibility index (Phi) is 6.17. The molecule has 1 N–H and O–H groups in total. The SMILES string of the molecule is CO[C@@H]1C[C@H]2CN(Cc3ccccc3C(=O)O)C[C@H]2C[C@H]1n1cc(CN(C)C)nn1. The van der Waals surface area contributed by atoms with Gasteiger partial charge in [0.05, 0.1) is 29.6 Å². The van der Waals surface area contributed by atoms with Crippen molar-refractivity contribution in [1.29, 1.82) is 0 Å². The highest BCUT2D eigenvalue weighted by atomic mass is 16.5. The van der Waals surface area contributed by atoms with Gasteiger partial charge < -0.3 is 14.7 Å². The number of nitrogens with zero attached hydrogens (tertiary/aromatic N) is 5. The molecule has 0 spiro atoms. The fraction of sp³-hybridized carbons (Fsp3) is 0.591. The summed E-state index contributed by atoms with van der Waals surface area (Å²) >= 11 is 0. The Labute approximate surface area is 177 Å². The van der Waals surface area contributed by atoms with Crippen molar-refractivity contribution in [3.63, 3.8) is 0 Å². The van der Waals surface area contributed by atoms with Crippen molar-refractivity contribution in [3.8, 4) is 0 Å². The Morgan fingerprint density at radius 3 is 2.67 bits per heavy atom. The molecule has 0 amide bonds. The lowest BCUT2D eigenvalue weighted by Crippen LogP contribution is -2.37. The third-order valence-electron chi connectivity index (χ3n) is 6.48. The molecular weight excluding hydrogens is 382 g/mol. The van der Waals surface area contributed by atoms with E-state index >= 15 is 0 Å². The van der Waals surface area contributed by atoms with Gasteiger partial charge in [0.15, 0.2) is 0 Å². The van der Waals surface area contributed by atoms with Crippen LogP contribution >= 0.6 is 0 Å². The number of aromatic nitrogens is 3. The van der Waals surface area contributed by atoms with Crippen molar-refractivity contribution in [3.05, 3.63) is 47.3 Å². The van der Waals surface area contributed by atoms with Crippen molar-refractivity contribution < 1.29 is 14.6 Å². The van der Waals surface area contributed by atoms with Crippen LogP contribution in [0.4, 0.5) is 0 Å². The molecule has 1 aliphatic carbocycles. The molecule has 1 aliphatic heterocycles. The number of likely N-dealkylation sites (tertiary alicyclic amines) is 1. The summed E-state index contributed by atoms with van der Waals surface area (Å²) in [6, 6.07) is 7.50. The van der Waals surface area contributed by atoms with Gasteiger partial charge in [-0.1, -0.05) is 23.4 Å². The van der Waals surface area contributed by atoms with Crippen LogP contribution in [0.2, 0.25) is 0 Å². The van der Waals surface area contributed by atoms with E-state index in [2.05, 4.69) is 20.1 Å². The molecule has 8 heteroatoms. The zero-order valence-electron chi connectivity index (χ0n) is 17.9. The van der Waals surface area contributed by atoms with Crippen LogP contribution in [0, 0.1) is 11.8 Å². The molecule has 8 nitrogen and oxygen atoms in total. The molecule has 2 fully saturated rings. The lowest BCUT2D eigenvalue weighted by molar-refractivity contribution is -0.00547. The molecule has 2 aromatic rings. The van der Waals surface area contributed by atoms with Crippen LogP contribution < -0.4 is 0 Å². The Balaban J connectivity index is 1.45. The average Bonchev–Trinajstić information content (AvgIpc) is 3.32. The highest BCUT2D eigenvalue weighted by Crippen LogP contribution is 2.42. The quantitative estimate of drug-likeness (QED) is 0.744. The molecule has 2 aliphatic rings. The van der Waals surface area contributed by atoms with Gasteiger partial charge in [0.1, 0.15) is 0 Å². The lowest BCUT2D eigenvalue weighted by Gasteiger charge is -2.37. The molecule has 162 valence electrons. The first-order valence-corrected chi connectivity index (χ1v) is 10.6. The lowest BCUT2D eigenvalue weighted by atomic mass is 9.77. The molecular formula is C22H31N5O3. The van der Waals surface area contributed by atoms with E-state index in [0.29, 0.717) is 23.9 Å². The fourth-order valence-corrected chi connectivity index (χ4v) is 5.13. The maximum atomic E-state index is 11.5. The summed E-state index contributed by atoms with van der Waals surface area (Å²) in [6.45, 7) is 3.40. The van der Waals surface area contributed by atoms with Gasteiger partial charge in [-0.15, -0.1) is 5.10 Å². The Morgan fingerprint density at radius 2 is 1.97 bits per heavy atom. The van der Waals surface area contributed by atoms with E-state index in [0.717, 1.165) is 43.7 Å². The smallest absolute Gasteiger partial charge is 0.336 e. The summed E-state index contributed by atoms with van der Waals surface area (Å²) in [7, 11) is 5.83. The number of hydrogen-bond donors (Lipinski definition) is 1. The first-order valence-electron chi connectivity index (χ1n) is 10.6. The zero-order chi connectivity index (χ0) is 21.3. The minimum absolute atomic E-state index is 0.117. The fourth-order valence-electron chi connectivity index (χ4n) is 5.13. The molecule has 4 rings (SSSR count). The van der Waals surface area contributed by atoms with Crippen molar-refractivity contribution in [1.82, 2.24) is 24.8 Å². The summed E-state index contributed by atoms with van der Waals surface area (Å²) in [5.41, 5.74) is 2.25. The number of rotatable bonds is 7. The van der Waals surface area contributed by atoms with Gasteiger partial charge in [0, 0.05) is 33.3 Å². The van der Waals surface area contributed by atoms with Crippen LogP contribution in [0.1, 0.15) is 40.5 Å². The van der Waals surface area contributed by atoms with E-state index in [1.54, 1.807) is 19.2 Å². The second-order valence-electron chi connectivity index (χ2n) is 8.92. The van der Waals surface area contributed by atoms with Crippen LogP contribution in [0.25, 0.3) is 0 Å². The van der Waals surface area contributed by atoms with Gasteiger partial charge >= 0.3 is 5.97 Å². The monoisotopic (exact) mass is 413 g/mol. The number of hydrogen-bond acceptors (Lipinski definition) is 6. The molecule has 1 aromatic heterocycles. The predicted molar refractivity (Wildman–Crippen MR) is 112 cm³/mol. The van der Waals surface area contributed by atoms with Crippen molar-refractivity contribution in [2.24, 2.45) is 11.8 Å². The van der Waals surface area contributed by atoms with Crippen LogP contribution in [0.5, 0.6) is 0 Å².